The number of benzene rings is 1. The molecule has 1 amide bonds. The van der Waals surface area contributed by atoms with Crippen LogP contribution in [0.1, 0.15) is 22.3 Å². The van der Waals surface area contributed by atoms with Crippen LogP contribution in [-0.4, -0.2) is 49.8 Å². The highest BCUT2D eigenvalue weighted by Gasteiger charge is 2.04. The number of guanidine groups is 1. The van der Waals surface area contributed by atoms with Crippen molar-refractivity contribution in [3.05, 3.63) is 47.0 Å². The van der Waals surface area contributed by atoms with E-state index in [0.717, 1.165) is 47.5 Å². The number of carbonyl (C=O) groups is 1. The van der Waals surface area contributed by atoms with Crippen LogP contribution in [0, 0.1) is 0 Å². The molecule has 0 aliphatic rings. The molecule has 0 atom stereocenters. The minimum Gasteiger partial charge on any atom is -0.356 e. The molecule has 1 heterocycles. The second-order valence-electron chi connectivity index (χ2n) is 5.46. The number of aromatic nitrogens is 1. The molecule has 27 heavy (non-hydrogen) atoms. The van der Waals surface area contributed by atoms with Crippen LogP contribution in [0.2, 0.25) is 0 Å². The molecule has 0 bridgehead atoms. The van der Waals surface area contributed by atoms with Crippen molar-refractivity contribution in [3.8, 4) is 0 Å². The summed E-state index contributed by atoms with van der Waals surface area (Å²) >= 11 is 3.46. The first-order valence-corrected chi connectivity index (χ1v) is 10.4. The van der Waals surface area contributed by atoms with Crippen LogP contribution in [-0.2, 0) is 6.42 Å². The van der Waals surface area contributed by atoms with E-state index in [4.69, 9.17) is 0 Å². The number of hydrogen-bond acceptors (Lipinski definition) is 5. The SMILES string of the molecule is CN=C(NCCCSc1nccs1)NCCc1cccc(C(=O)NC)c1.I. The highest BCUT2D eigenvalue weighted by molar-refractivity contribution is 14.0. The van der Waals surface area contributed by atoms with E-state index in [1.807, 2.05) is 35.8 Å². The first-order valence-electron chi connectivity index (χ1n) is 8.50. The van der Waals surface area contributed by atoms with E-state index in [0.29, 0.717) is 5.56 Å². The lowest BCUT2D eigenvalue weighted by Crippen LogP contribution is -2.38. The summed E-state index contributed by atoms with van der Waals surface area (Å²) in [6, 6.07) is 7.68. The number of carbonyl (C=O) groups excluding carboxylic acids is 1. The van der Waals surface area contributed by atoms with Gasteiger partial charge in [0.25, 0.3) is 5.91 Å². The third-order valence-corrected chi connectivity index (χ3v) is 5.65. The van der Waals surface area contributed by atoms with Crippen LogP contribution < -0.4 is 16.0 Å². The molecule has 3 N–H and O–H groups in total. The summed E-state index contributed by atoms with van der Waals surface area (Å²) in [5, 5.41) is 11.3. The minimum absolute atomic E-state index is 0. The molecular formula is C18H26IN5OS2. The molecule has 1 aromatic carbocycles. The van der Waals surface area contributed by atoms with Gasteiger partial charge in [0.05, 0.1) is 0 Å². The lowest BCUT2D eigenvalue weighted by Gasteiger charge is -2.12. The monoisotopic (exact) mass is 519 g/mol. The average molecular weight is 519 g/mol. The molecule has 0 aliphatic carbocycles. The van der Waals surface area contributed by atoms with Crippen molar-refractivity contribution in [2.75, 3.05) is 32.9 Å². The summed E-state index contributed by atoms with van der Waals surface area (Å²) in [6.07, 6.45) is 3.70. The summed E-state index contributed by atoms with van der Waals surface area (Å²) in [5.41, 5.74) is 1.80. The molecule has 148 valence electrons. The number of rotatable bonds is 9. The summed E-state index contributed by atoms with van der Waals surface area (Å²) in [4.78, 5) is 20.2. The van der Waals surface area contributed by atoms with E-state index in [1.165, 1.54) is 0 Å². The van der Waals surface area contributed by atoms with E-state index < -0.39 is 0 Å². The van der Waals surface area contributed by atoms with Gasteiger partial charge in [-0.25, -0.2) is 4.98 Å². The standard InChI is InChI=1S/C18H25N5OS2.HI/c1-19-16(24)15-6-3-5-14(13-15)7-9-22-17(20-2)21-8-4-11-25-18-23-10-12-26-18;/h3,5-6,10,12-13H,4,7-9,11H2,1-2H3,(H,19,24)(H2,20,21,22);1H. The number of halogens is 1. The van der Waals surface area contributed by atoms with Gasteiger partial charge in [-0.2, -0.15) is 0 Å². The van der Waals surface area contributed by atoms with Gasteiger partial charge in [0.2, 0.25) is 0 Å². The Kier molecular flexibility index (Phi) is 12.1. The third-order valence-electron chi connectivity index (χ3n) is 3.59. The quantitative estimate of drug-likeness (QED) is 0.156. The minimum atomic E-state index is -0.0621. The molecule has 2 rings (SSSR count). The van der Waals surface area contributed by atoms with Crippen molar-refractivity contribution in [3.63, 3.8) is 0 Å². The van der Waals surface area contributed by atoms with Crippen molar-refractivity contribution < 1.29 is 4.79 Å². The summed E-state index contributed by atoms with van der Waals surface area (Å²) in [5.74, 6) is 1.77. The largest absolute Gasteiger partial charge is 0.356 e. The molecule has 0 saturated heterocycles. The predicted octanol–water partition coefficient (Wildman–Crippen LogP) is 3.01. The number of nitrogens with zero attached hydrogens (tertiary/aromatic N) is 2. The fraction of sp³-hybridized carbons (Fsp3) is 0.389. The van der Waals surface area contributed by atoms with Gasteiger partial charge in [0, 0.05) is 50.1 Å². The van der Waals surface area contributed by atoms with Gasteiger partial charge in [-0.05, 0) is 30.5 Å². The molecule has 6 nitrogen and oxygen atoms in total. The van der Waals surface area contributed by atoms with Gasteiger partial charge in [-0.3, -0.25) is 9.79 Å². The van der Waals surface area contributed by atoms with E-state index >= 15 is 0 Å². The Bertz CT molecular complexity index is 710. The third kappa shape index (κ3) is 8.93. The number of aliphatic imine (C=N–C) groups is 1. The second-order valence-corrected chi connectivity index (χ2v) is 7.69. The number of nitrogens with one attached hydrogen (secondary N) is 3. The van der Waals surface area contributed by atoms with Crippen LogP contribution >= 0.6 is 47.1 Å². The summed E-state index contributed by atoms with van der Waals surface area (Å²) in [7, 11) is 3.41. The zero-order valence-corrected chi connectivity index (χ0v) is 19.5. The van der Waals surface area contributed by atoms with Crippen LogP contribution in [0.3, 0.4) is 0 Å². The fourth-order valence-electron chi connectivity index (χ4n) is 2.28. The van der Waals surface area contributed by atoms with Crippen molar-refractivity contribution in [2.45, 2.75) is 17.2 Å². The fourth-order valence-corrected chi connectivity index (χ4v) is 3.93. The zero-order valence-electron chi connectivity index (χ0n) is 15.5. The molecule has 0 fully saturated rings. The van der Waals surface area contributed by atoms with Crippen molar-refractivity contribution in [2.24, 2.45) is 4.99 Å². The van der Waals surface area contributed by atoms with E-state index in [-0.39, 0.29) is 29.9 Å². The highest BCUT2D eigenvalue weighted by Crippen LogP contribution is 2.20. The summed E-state index contributed by atoms with van der Waals surface area (Å²) < 4.78 is 1.12. The van der Waals surface area contributed by atoms with Crippen LogP contribution in [0.4, 0.5) is 0 Å². The molecule has 1 aromatic heterocycles. The number of thioether (sulfide) groups is 1. The lowest BCUT2D eigenvalue weighted by atomic mass is 10.1. The molecule has 9 heteroatoms. The molecule has 0 spiro atoms. The van der Waals surface area contributed by atoms with Gasteiger partial charge >= 0.3 is 0 Å². The Hall–Kier alpha value is -1.33. The lowest BCUT2D eigenvalue weighted by molar-refractivity contribution is 0.0963. The first-order chi connectivity index (χ1) is 12.7. The highest BCUT2D eigenvalue weighted by atomic mass is 127. The first kappa shape index (κ1) is 23.7. The zero-order chi connectivity index (χ0) is 18.6. The topological polar surface area (TPSA) is 78.4 Å². The van der Waals surface area contributed by atoms with Crippen molar-refractivity contribution in [1.82, 2.24) is 20.9 Å². The van der Waals surface area contributed by atoms with Crippen LogP contribution in [0.5, 0.6) is 0 Å². The van der Waals surface area contributed by atoms with Gasteiger partial charge in [0.1, 0.15) is 4.34 Å². The maximum absolute atomic E-state index is 11.7. The molecule has 0 unspecified atom stereocenters. The van der Waals surface area contributed by atoms with Gasteiger partial charge in [-0.15, -0.1) is 35.3 Å². The number of thiazole rings is 1. The molecule has 0 radical (unpaired) electrons. The number of hydrogen-bond donors (Lipinski definition) is 3. The average Bonchev–Trinajstić information content (AvgIpc) is 3.19. The normalized spacial score (nSPS) is 10.8. The van der Waals surface area contributed by atoms with Gasteiger partial charge in [-0.1, -0.05) is 23.9 Å². The Morgan fingerprint density at radius 1 is 1.30 bits per heavy atom. The van der Waals surface area contributed by atoms with Gasteiger partial charge < -0.3 is 16.0 Å². The van der Waals surface area contributed by atoms with Crippen LogP contribution in [0.15, 0.2) is 45.2 Å². The van der Waals surface area contributed by atoms with E-state index in [2.05, 4.69) is 25.9 Å². The van der Waals surface area contributed by atoms with E-state index in [1.54, 1.807) is 37.2 Å². The predicted molar refractivity (Wildman–Crippen MR) is 126 cm³/mol. The maximum Gasteiger partial charge on any atom is 0.251 e. The van der Waals surface area contributed by atoms with Crippen molar-refractivity contribution >= 4 is 58.9 Å². The Morgan fingerprint density at radius 3 is 2.81 bits per heavy atom. The number of amides is 1. The Morgan fingerprint density at radius 2 is 2.11 bits per heavy atom. The molecule has 0 saturated carbocycles. The maximum atomic E-state index is 11.7. The summed E-state index contributed by atoms with van der Waals surface area (Å²) in [6.45, 7) is 1.62. The molecular weight excluding hydrogens is 493 g/mol. The van der Waals surface area contributed by atoms with E-state index in [9.17, 15) is 4.79 Å². The van der Waals surface area contributed by atoms with Crippen molar-refractivity contribution in [1.29, 1.82) is 0 Å². The Labute approximate surface area is 186 Å². The van der Waals surface area contributed by atoms with Crippen LogP contribution in [0.25, 0.3) is 0 Å². The molecule has 2 aromatic rings. The second kappa shape index (κ2) is 13.8. The molecule has 0 aliphatic heterocycles. The Balaban J connectivity index is 0.00000364. The smallest absolute Gasteiger partial charge is 0.251 e. The van der Waals surface area contributed by atoms with Gasteiger partial charge in [0.15, 0.2) is 5.96 Å².